The van der Waals surface area contributed by atoms with Crippen molar-refractivity contribution in [2.45, 2.75) is 27.2 Å². The highest BCUT2D eigenvalue weighted by Gasteiger charge is 2.11. The van der Waals surface area contributed by atoms with E-state index in [2.05, 4.69) is 15.5 Å². The van der Waals surface area contributed by atoms with Gasteiger partial charge in [-0.05, 0) is 13.3 Å². The zero-order valence-corrected chi connectivity index (χ0v) is 8.22. The van der Waals surface area contributed by atoms with Crippen molar-refractivity contribution in [1.29, 1.82) is 0 Å². The van der Waals surface area contributed by atoms with E-state index in [4.69, 9.17) is 0 Å². The van der Waals surface area contributed by atoms with E-state index in [9.17, 15) is 4.79 Å². The molecular formula is C9H15N3O. The first kappa shape index (κ1) is 9.77. The number of anilines is 1. The molecular weight excluding hydrogens is 166 g/mol. The van der Waals surface area contributed by atoms with Gasteiger partial charge in [0.1, 0.15) is 0 Å². The summed E-state index contributed by atoms with van der Waals surface area (Å²) < 4.78 is 0. The number of hydrogen-bond acceptors (Lipinski definition) is 2. The van der Waals surface area contributed by atoms with E-state index in [0.717, 1.165) is 12.1 Å². The maximum absolute atomic E-state index is 11.4. The molecule has 0 bridgehead atoms. The van der Waals surface area contributed by atoms with Gasteiger partial charge in [-0.3, -0.25) is 9.89 Å². The summed E-state index contributed by atoms with van der Waals surface area (Å²) >= 11 is 0. The number of amides is 1. The smallest absolute Gasteiger partial charge is 0.228 e. The van der Waals surface area contributed by atoms with Gasteiger partial charge < -0.3 is 5.32 Å². The lowest BCUT2D eigenvalue weighted by molar-refractivity contribution is -0.119. The molecule has 1 rings (SSSR count). The van der Waals surface area contributed by atoms with Gasteiger partial charge in [0, 0.05) is 17.7 Å². The lowest BCUT2D eigenvalue weighted by atomic mass is 10.1. The SMILES string of the molecule is CCC(C)C(=O)Nc1cc(C)[nH]n1. The summed E-state index contributed by atoms with van der Waals surface area (Å²) in [4.78, 5) is 11.4. The highest BCUT2D eigenvalue weighted by molar-refractivity contribution is 5.91. The molecule has 4 heteroatoms. The second kappa shape index (κ2) is 4.07. The van der Waals surface area contributed by atoms with E-state index < -0.39 is 0 Å². The summed E-state index contributed by atoms with van der Waals surface area (Å²) in [6.45, 7) is 5.78. The molecule has 1 aromatic heterocycles. The van der Waals surface area contributed by atoms with E-state index >= 15 is 0 Å². The predicted octanol–water partition coefficient (Wildman–Crippen LogP) is 1.70. The average molecular weight is 181 g/mol. The topological polar surface area (TPSA) is 57.8 Å². The molecule has 1 unspecified atom stereocenters. The third-order valence-corrected chi connectivity index (χ3v) is 2.02. The number of H-pyrrole nitrogens is 1. The molecule has 1 amide bonds. The van der Waals surface area contributed by atoms with Gasteiger partial charge in [0.15, 0.2) is 5.82 Å². The van der Waals surface area contributed by atoms with Crippen molar-refractivity contribution in [1.82, 2.24) is 10.2 Å². The Hall–Kier alpha value is -1.32. The second-order valence-electron chi connectivity index (χ2n) is 3.23. The van der Waals surface area contributed by atoms with Crippen molar-refractivity contribution in [3.63, 3.8) is 0 Å². The zero-order valence-electron chi connectivity index (χ0n) is 8.22. The van der Waals surface area contributed by atoms with Gasteiger partial charge in [-0.25, -0.2) is 0 Å². The van der Waals surface area contributed by atoms with Crippen LogP contribution in [0.4, 0.5) is 5.82 Å². The molecule has 4 nitrogen and oxygen atoms in total. The van der Waals surface area contributed by atoms with Crippen LogP contribution in [0, 0.1) is 12.8 Å². The fourth-order valence-corrected chi connectivity index (χ4v) is 0.917. The second-order valence-corrected chi connectivity index (χ2v) is 3.23. The van der Waals surface area contributed by atoms with Crippen LogP contribution in [0.25, 0.3) is 0 Å². The maximum atomic E-state index is 11.4. The summed E-state index contributed by atoms with van der Waals surface area (Å²) in [5.41, 5.74) is 0.944. The van der Waals surface area contributed by atoms with Crippen molar-refractivity contribution in [2.24, 2.45) is 5.92 Å². The van der Waals surface area contributed by atoms with Crippen LogP contribution >= 0.6 is 0 Å². The Morgan fingerprint density at radius 2 is 2.46 bits per heavy atom. The van der Waals surface area contributed by atoms with Crippen LogP contribution in [0.15, 0.2) is 6.07 Å². The van der Waals surface area contributed by atoms with E-state index in [1.54, 1.807) is 6.07 Å². The number of aromatic amines is 1. The highest BCUT2D eigenvalue weighted by Crippen LogP contribution is 2.08. The molecule has 0 saturated heterocycles. The molecule has 0 aliphatic rings. The molecule has 13 heavy (non-hydrogen) atoms. The molecule has 0 spiro atoms. The summed E-state index contributed by atoms with van der Waals surface area (Å²) in [5, 5.41) is 9.41. The number of nitrogens with one attached hydrogen (secondary N) is 2. The van der Waals surface area contributed by atoms with Gasteiger partial charge >= 0.3 is 0 Å². The minimum atomic E-state index is 0.0222. The largest absolute Gasteiger partial charge is 0.309 e. The molecule has 0 aromatic carbocycles. The van der Waals surface area contributed by atoms with Gasteiger partial charge in [0.05, 0.1) is 0 Å². The first-order chi connectivity index (χ1) is 6.13. The summed E-state index contributed by atoms with van der Waals surface area (Å²) in [6.07, 6.45) is 0.842. The summed E-state index contributed by atoms with van der Waals surface area (Å²) in [6, 6.07) is 1.81. The van der Waals surface area contributed by atoms with Gasteiger partial charge in [-0.15, -0.1) is 0 Å². The molecule has 0 radical (unpaired) electrons. The molecule has 0 aliphatic heterocycles. The van der Waals surface area contributed by atoms with E-state index in [-0.39, 0.29) is 11.8 Å². The monoisotopic (exact) mass is 181 g/mol. The standard InChI is InChI=1S/C9H15N3O/c1-4-6(2)9(13)10-8-5-7(3)11-12-8/h5-6H,4H2,1-3H3,(H2,10,11,12,13). The Labute approximate surface area is 77.7 Å². The van der Waals surface area contributed by atoms with Crippen LogP contribution in [0.2, 0.25) is 0 Å². The predicted molar refractivity (Wildman–Crippen MR) is 51.4 cm³/mol. The minimum Gasteiger partial charge on any atom is -0.309 e. The van der Waals surface area contributed by atoms with Crippen LogP contribution in [-0.2, 0) is 4.79 Å². The van der Waals surface area contributed by atoms with E-state index in [1.165, 1.54) is 0 Å². The molecule has 0 aliphatic carbocycles. The van der Waals surface area contributed by atoms with Crippen molar-refractivity contribution in [3.8, 4) is 0 Å². The highest BCUT2D eigenvalue weighted by atomic mass is 16.1. The fourth-order valence-electron chi connectivity index (χ4n) is 0.917. The Kier molecular flexibility index (Phi) is 3.06. The Morgan fingerprint density at radius 1 is 1.77 bits per heavy atom. The van der Waals surface area contributed by atoms with Gasteiger partial charge in [-0.2, -0.15) is 5.10 Å². The Morgan fingerprint density at radius 3 is 2.92 bits per heavy atom. The number of nitrogens with zero attached hydrogens (tertiary/aromatic N) is 1. The normalized spacial score (nSPS) is 12.5. The van der Waals surface area contributed by atoms with Crippen LogP contribution in [0.1, 0.15) is 26.0 Å². The number of carbonyl (C=O) groups is 1. The van der Waals surface area contributed by atoms with Crippen LogP contribution in [-0.4, -0.2) is 16.1 Å². The van der Waals surface area contributed by atoms with Crippen molar-refractivity contribution in [2.75, 3.05) is 5.32 Å². The summed E-state index contributed by atoms with van der Waals surface area (Å²) in [5.74, 6) is 0.661. The molecule has 72 valence electrons. The molecule has 1 aromatic rings. The van der Waals surface area contributed by atoms with Crippen molar-refractivity contribution >= 4 is 11.7 Å². The van der Waals surface area contributed by atoms with Crippen LogP contribution in [0.3, 0.4) is 0 Å². The number of rotatable bonds is 3. The molecule has 1 heterocycles. The minimum absolute atomic E-state index is 0.0222. The van der Waals surface area contributed by atoms with Crippen molar-refractivity contribution < 1.29 is 4.79 Å². The lowest BCUT2D eigenvalue weighted by Gasteiger charge is -2.06. The summed E-state index contributed by atoms with van der Waals surface area (Å²) in [7, 11) is 0. The number of carbonyl (C=O) groups excluding carboxylic acids is 1. The van der Waals surface area contributed by atoms with Crippen LogP contribution in [0.5, 0.6) is 0 Å². The zero-order chi connectivity index (χ0) is 9.84. The van der Waals surface area contributed by atoms with E-state index in [0.29, 0.717) is 5.82 Å². The number of aryl methyl sites for hydroxylation is 1. The van der Waals surface area contributed by atoms with Gasteiger partial charge in [0.25, 0.3) is 0 Å². The van der Waals surface area contributed by atoms with E-state index in [1.807, 2.05) is 20.8 Å². The average Bonchev–Trinajstić information content (AvgIpc) is 2.49. The van der Waals surface area contributed by atoms with Crippen molar-refractivity contribution in [3.05, 3.63) is 11.8 Å². The van der Waals surface area contributed by atoms with Gasteiger partial charge in [-0.1, -0.05) is 13.8 Å². The Bertz CT molecular complexity index is 293. The molecule has 1 atom stereocenters. The maximum Gasteiger partial charge on any atom is 0.228 e. The molecule has 0 fully saturated rings. The first-order valence-electron chi connectivity index (χ1n) is 4.46. The fraction of sp³-hybridized carbons (Fsp3) is 0.556. The molecule has 2 N–H and O–H groups in total. The van der Waals surface area contributed by atoms with Crippen LogP contribution < -0.4 is 5.32 Å². The third kappa shape index (κ3) is 2.57. The molecule has 0 saturated carbocycles. The number of hydrogen-bond donors (Lipinski definition) is 2. The first-order valence-corrected chi connectivity index (χ1v) is 4.46. The third-order valence-electron chi connectivity index (χ3n) is 2.02. The number of aromatic nitrogens is 2. The Balaban J connectivity index is 2.54. The van der Waals surface area contributed by atoms with Gasteiger partial charge in [0.2, 0.25) is 5.91 Å². The lowest BCUT2D eigenvalue weighted by Crippen LogP contribution is -2.19. The quantitative estimate of drug-likeness (QED) is 0.745.